The van der Waals surface area contributed by atoms with Crippen LogP contribution in [-0.4, -0.2) is 17.4 Å². The van der Waals surface area contributed by atoms with E-state index < -0.39 is 0 Å². The second-order valence-corrected chi connectivity index (χ2v) is 4.25. The van der Waals surface area contributed by atoms with Crippen LogP contribution in [0, 0.1) is 5.92 Å². The summed E-state index contributed by atoms with van der Waals surface area (Å²) in [6, 6.07) is 0. The van der Waals surface area contributed by atoms with Gasteiger partial charge >= 0.3 is 0 Å². The highest BCUT2D eigenvalue weighted by molar-refractivity contribution is 7.99. The lowest BCUT2D eigenvalue weighted by Crippen LogP contribution is -2.28. The van der Waals surface area contributed by atoms with Gasteiger partial charge in [-0.2, -0.15) is 11.8 Å². The number of nitrogens with two attached hydrogens (primary N) is 1. The van der Waals surface area contributed by atoms with Crippen molar-refractivity contribution in [3.8, 4) is 0 Å². The minimum absolute atomic E-state index is 0.107. The van der Waals surface area contributed by atoms with E-state index in [1.165, 1.54) is 0 Å². The first-order chi connectivity index (χ1) is 5.24. The fourth-order valence-electron chi connectivity index (χ4n) is 1.58. The summed E-state index contributed by atoms with van der Waals surface area (Å²) in [6.45, 7) is 0. The lowest BCUT2D eigenvalue weighted by Gasteiger charge is -2.24. The van der Waals surface area contributed by atoms with E-state index in [1.54, 1.807) is 0 Å². The summed E-state index contributed by atoms with van der Waals surface area (Å²) in [5.74, 6) is 0.0583. The first kappa shape index (κ1) is 8.91. The van der Waals surface area contributed by atoms with E-state index in [9.17, 15) is 4.79 Å². The van der Waals surface area contributed by atoms with Crippen LogP contribution in [0.3, 0.4) is 0 Å². The number of carbonyl (C=O) groups is 1. The highest BCUT2D eigenvalue weighted by Gasteiger charge is 2.23. The molecule has 0 unspecified atom stereocenters. The third kappa shape index (κ3) is 2.40. The van der Waals surface area contributed by atoms with Crippen LogP contribution in [0.2, 0.25) is 0 Å². The molecule has 0 heterocycles. The second kappa shape index (κ2) is 4.00. The number of primary amides is 1. The van der Waals surface area contributed by atoms with Gasteiger partial charge in [-0.15, -0.1) is 0 Å². The maximum absolute atomic E-state index is 10.8. The molecule has 1 amide bonds. The minimum atomic E-state index is -0.107. The van der Waals surface area contributed by atoms with E-state index in [-0.39, 0.29) is 11.8 Å². The van der Waals surface area contributed by atoms with E-state index in [1.807, 2.05) is 11.8 Å². The number of hydrogen-bond donors (Lipinski definition) is 1. The van der Waals surface area contributed by atoms with Gasteiger partial charge in [0.2, 0.25) is 5.91 Å². The fraction of sp³-hybridized carbons (Fsp3) is 0.875. The van der Waals surface area contributed by atoms with Crippen molar-refractivity contribution in [2.24, 2.45) is 11.7 Å². The Balaban J connectivity index is 2.30. The second-order valence-electron chi connectivity index (χ2n) is 3.11. The molecule has 0 saturated heterocycles. The summed E-state index contributed by atoms with van der Waals surface area (Å²) in [5.41, 5.74) is 5.21. The largest absolute Gasteiger partial charge is 0.369 e. The van der Waals surface area contributed by atoms with Crippen molar-refractivity contribution in [2.75, 3.05) is 6.26 Å². The van der Waals surface area contributed by atoms with Gasteiger partial charge in [-0.05, 0) is 31.9 Å². The van der Waals surface area contributed by atoms with Gasteiger partial charge in [-0.3, -0.25) is 4.79 Å². The third-order valence-corrected chi connectivity index (χ3v) is 3.55. The molecule has 0 aliphatic heterocycles. The van der Waals surface area contributed by atoms with Crippen LogP contribution >= 0.6 is 11.8 Å². The zero-order valence-electron chi connectivity index (χ0n) is 6.88. The zero-order valence-corrected chi connectivity index (χ0v) is 7.69. The molecule has 0 aromatic carbocycles. The molecule has 1 fully saturated rings. The quantitative estimate of drug-likeness (QED) is 0.685. The Labute approximate surface area is 71.9 Å². The van der Waals surface area contributed by atoms with Crippen LogP contribution < -0.4 is 5.73 Å². The lowest BCUT2D eigenvalue weighted by atomic mass is 9.88. The smallest absolute Gasteiger partial charge is 0.220 e. The van der Waals surface area contributed by atoms with Gasteiger partial charge in [-0.1, -0.05) is 0 Å². The average molecular weight is 173 g/mol. The standard InChI is InChI=1S/C8H15NOS/c1-11-7-4-2-6(3-5-7)8(9)10/h6-7H,2-5H2,1H3,(H2,9,10). The molecule has 1 rings (SSSR count). The van der Waals surface area contributed by atoms with Crippen molar-refractivity contribution in [1.82, 2.24) is 0 Å². The van der Waals surface area contributed by atoms with Crippen molar-refractivity contribution >= 4 is 17.7 Å². The van der Waals surface area contributed by atoms with Gasteiger partial charge in [0.25, 0.3) is 0 Å². The average Bonchev–Trinajstić information content (AvgIpc) is 2.05. The van der Waals surface area contributed by atoms with Crippen molar-refractivity contribution in [3.05, 3.63) is 0 Å². The molecule has 11 heavy (non-hydrogen) atoms. The number of rotatable bonds is 2. The molecule has 2 N–H and O–H groups in total. The van der Waals surface area contributed by atoms with Gasteiger partial charge in [-0.25, -0.2) is 0 Å². The monoisotopic (exact) mass is 173 g/mol. The van der Waals surface area contributed by atoms with Crippen molar-refractivity contribution < 1.29 is 4.79 Å². The number of carbonyl (C=O) groups excluding carboxylic acids is 1. The van der Waals surface area contributed by atoms with Crippen molar-refractivity contribution in [1.29, 1.82) is 0 Å². The molecule has 1 aliphatic carbocycles. The molecule has 2 nitrogen and oxygen atoms in total. The fourth-order valence-corrected chi connectivity index (χ4v) is 2.33. The molecule has 0 aromatic heterocycles. The normalized spacial score (nSPS) is 31.7. The molecule has 0 bridgehead atoms. The van der Waals surface area contributed by atoms with Gasteiger partial charge in [0, 0.05) is 11.2 Å². The Kier molecular flexibility index (Phi) is 3.24. The van der Waals surface area contributed by atoms with Gasteiger partial charge in [0.05, 0.1) is 0 Å². The van der Waals surface area contributed by atoms with E-state index in [0.29, 0.717) is 0 Å². The van der Waals surface area contributed by atoms with E-state index in [2.05, 4.69) is 6.26 Å². The summed E-state index contributed by atoms with van der Waals surface area (Å²) in [4.78, 5) is 10.8. The topological polar surface area (TPSA) is 43.1 Å². The third-order valence-electron chi connectivity index (χ3n) is 2.41. The maximum Gasteiger partial charge on any atom is 0.220 e. The Morgan fingerprint density at radius 2 is 1.91 bits per heavy atom. The molecule has 0 aromatic rings. The molecule has 1 aliphatic rings. The first-order valence-corrected chi connectivity index (χ1v) is 5.35. The minimum Gasteiger partial charge on any atom is -0.369 e. The summed E-state index contributed by atoms with van der Waals surface area (Å²) < 4.78 is 0. The summed E-state index contributed by atoms with van der Waals surface area (Å²) in [7, 11) is 0. The van der Waals surface area contributed by atoms with E-state index in [0.717, 1.165) is 30.9 Å². The Morgan fingerprint density at radius 3 is 2.27 bits per heavy atom. The predicted molar refractivity (Wildman–Crippen MR) is 48.5 cm³/mol. The molecule has 1 saturated carbocycles. The molecular formula is C8H15NOS. The molecule has 3 heteroatoms. The predicted octanol–water partition coefficient (Wildman–Crippen LogP) is 1.39. The van der Waals surface area contributed by atoms with Crippen molar-refractivity contribution in [2.45, 2.75) is 30.9 Å². The molecular weight excluding hydrogens is 158 g/mol. The first-order valence-electron chi connectivity index (χ1n) is 4.06. The summed E-state index contributed by atoms with van der Waals surface area (Å²) >= 11 is 1.91. The van der Waals surface area contributed by atoms with Crippen LogP contribution in [0.15, 0.2) is 0 Å². The molecule has 0 radical (unpaired) electrons. The van der Waals surface area contributed by atoms with Gasteiger partial charge in [0.1, 0.15) is 0 Å². The van der Waals surface area contributed by atoms with Crippen LogP contribution in [0.25, 0.3) is 0 Å². The van der Waals surface area contributed by atoms with Gasteiger partial charge in [0.15, 0.2) is 0 Å². The van der Waals surface area contributed by atoms with Crippen LogP contribution in [0.4, 0.5) is 0 Å². The molecule has 0 spiro atoms. The SMILES string of the molecule is CSC1CCC(C(N)=O)CC1. The van der Waals surface area contributed by atoms with Gasteiger partial charge < -0.3 is 5.73 Å². The Bertz CT molecular complexity index is 141. The van der Waals surface area contributed by atoms with E-state index in [4.69, 9.17) is 5.73 Å². The summed E-state index contributed by atoms with van der Waals surface area (Å²) in [5, 5.41) is 0.769. The van der Waals surface area contributed by atoms with Crippen molar-refractivity contribution in [3.63, 3.8) is 0 Å². The molecule has 0 atom stereocenters. The van der Waals surface area contributed by atoms with Crippen LogP contribution in [0.1, 0.15) is 25.7 Å². The molecule has 64 valence electrons. The van der Waals surface area contributed by atoms with Crippen LogP contribution in [-0.2, 0) is 4.79 Å². The Hall–Kier alpha value is -0.180. The number of thioether (sulfide) groups is 1. The van der Waals surface area contributed by atoms with Crippen LogP contribution in [0.5, 0.6) is 0 Å². The summed E-state index contributed by atoms with van der Waals surface area (Å²) in [6.07, 6.45) is 6.46. The highest BCUT2D eigenvalue weighted by atomic mass is 32.2. The number of hydrogen-bond acceptors (Lipinski definition) is 2. The zero-order chi connectivity index (χ0) is 8.27. The lowest BCUT2D eigenvalue weighted by molar-refractivity contribution is -0.122. The Morgan fingerprint density at radius 1 is 1.36 bits per heavy atom. The van der Waals surface area contributed by atoms with E-state index >= 15 is 0 Å². The number of amides is 1. The highest BCUT2D eigenvalue weighted by Crippen LogP contribution is 2.30. The maximum atomic E-state index is 10.8.